The number of aromatic nitrogens is 2. The first-order valence-corrected chi connectivity index (χ1v) is 8.62. The minimum Gasteiger partial charge on any atom is -0.381 e. The van der Waals surface area contributed by atoms with Crippen molar-refractivity contribution in [3.8, 4) is 0 Å². The zero-order valence-electron chi connectivity index (χ0n) is 13.7. The Morgan fingerprint density at radius 3 is 3.09 bits per heavy atom. The molecule has 4 heterocycles. The van der Waals surface area contributed by atoms with Crippen molar-refractivity contribution in [2.24, 2.45) is 7.05 Å². The minimum atomic E-state index is 0.00555. The number of fused-ring (bicyclic) bond motifs is 2. The second-order valence-corrected chi connectivity index (χ2v) is 6.86. The molecule has 0 saturated carbocycles. The number of piperazine rings is 1. The molecule has 3 aliphatic rings. The maximum absolute atomic E-state index is 12.6. The maximum atomic E-state index is 12.6. The van der Waals surface area contributed by atoms with Crippen LogP contribution in [0.4, 0.5) is 10.6 Å². The SMILES string of the molecule is Cn1nc(C2CCCOC2)cc1NC(=O)N1CCN2CCC1C2. The van der Waals surface area contributed by atoms with E-state index >= 15 is 0 Å². The molecule has 3 atom stereocenters. The van der Waals surface area contributed by atoms with Gasteiger partial charge in [-0.15, -0.1) is 0 Å². The van der Waals surface area contributed by atoms with Gasteiger partial charge in [-0.2, -0.15) is 5.10 Å². The number of urea groups is 1. The largest absolute Gasteiger partial charge is 0.381 e. The van der Waals surface area contributed by atoms with Crippen LogP contribution in [0.15, 0.2) is 6.07 Å². The highest BCUT2D eigenvalue weighted by Crippen LogP contribution is 2.27. The van der Waals surface area contributed by atoms with Gasteiger partial charge in [0.2, 0.25) is 0 Å². The van der Waals surface area contributed by atoms with Crippen molar-refractivity contribution in [3.05, 3.63) is 11.8 Å². The van der Waals surface area contributed by atoms with Crippen LogP contribution < -0.4 is 5.32 Å². The standard InChI is InChI=1S/C16H25N5O2/c1-19-15(9-14(18-19)12-3-2-8-23-11-12)17-16(22)21-7-6-20-5-4-13(21)10-20/h9,12-13H,2-8,10-11H2,1H3,(H,17,22). The van der Waals surface area contributed by atoms with E-state index in [1.807, 2.05) is 18.0 Å². The number of anilines is 1. The summed E-state index contributed by atoms with van der Waals surface area (Å²) < 4.78 is 7.32. The molecule has 3 unspecified atom stereocenters. The van der Waals surface area contributed by atoms with E-state index in [0.717, 1.165) is 70.2 Å². The summed E-state index contributed by atoms with van der Waals surface area (Å²) in [6.07, 6.45) is 3.27. The predicted octanol–water partition coefficient (Wildman–Crippen LogP) is 1.24. The lowest BCUT2D eigenvalue weighted by Crippen LogP contribution is -2.51. The topological polar surface area (TPSA) is 62.6 Å². The van der Waals surface area contributed by atoms with E-state index in [4.69, 9.17) is 4.74 Å². The number of rotatable bonds is 2. The van der Waals surface area contributed by atoms with Gasteiger partial charge >= 0.3 is 6.03 Å². The van der Waals surface area contributed by atoms with Gasteiger partial charge in [0.05, 0.1) is 12.3 Å². The number of carbonyl (C=O) groups is 1. The Kier molecular flexibility index (Phi) is 3.98. The molecule has 1 N–H and O–H groups in total. The molecule has 2 amide bonds. The number of amides is 2. The zero-order chi connectivity index (χ0) is 15.8. The molecular weight excluding hydrogens is 294 g/mol. The van der Waals surface area contributed by atoms with Gasteiger partial charge in [0.15, 0.2) is 0 Å². The molecule has 0 aliphatic carbocycles. The third kappa shape index (κ3) is 2.95. The first-order valence-electron chi connectivity index (χ1n) is 8.62. The third-order valence-electron chi connectivity index (χ3n) is 5.32. The number of nitrogens with one attached hydrogen (secondary N) is 1. The highest BCUT2D eigenvalue weighted by molar-refractivity contribution is 5.88. The molecule has 23 heavy (non-hydrogen) atoms. The van der Waals surface area contributed by atoms with E-state index in [1.165, 1.54) is 0 Å². The Morgan fingerprint density at radius 1 is 1.35 bits per heavy atom. The molecule has 126 valence electrons. The monoisotopic (exact) mass is 319 g/mol. The van der Waals surface area contributed by atoms with Gasteiger partial charge in [0.25, 0.3) is 0 Å². The van der Waals surface area contributed by atoms with E-state index in [9.17, 15) is 4.79 Å². The molecular formula is C16H25N5O2. The number of hydrogen-bond acceptors (Lipinski definition) is 4. The summed E-state index contributed by atoms with van der Waals surface area (Å²) in [6, 6.07) is 2.37. The number of carbonyl (C=O) groups excluding carboxylic acids is 1. The van der Waals surface area contributed by atoms with E-state index in [0.29, 0.717) is 12.0 Å². The van der Waals surface area contributed by atoms with Gasteiger partial charge in [0, 0.05) is 57.9 Å². The lowest BCUT2D eigenvalue weighted by molar-refractivity contribution is 0.0791. The average Bonchev–Trinajstić information content (AvgIpc) is 3.12. The molecule has 7 heteroatoms. The highest BCUT2D eigenvalue weighted by Gasteiger charge is 2.35. The van der Waals surface area contributed by atoms with Gasteiger partial charge in [-0.25, -0.2) is 4.79 Å². The second-order valence-electron chi connectivity index (χ2n) is 6.86. The van der Waals surface area contributed by atoms with Crippen molar-refractivity contribution in [3.63, 3.8) is 0 Å². The zero-order valence-corrected chi connectivity index (χ0v) is 13.7. The van der Waals surface area contributed by atoms with Crippen LogP contribution in [0.3, 0.4) is 0 Å². The first kappa shape index (κ1) is 15.0. The van der Waals surface area contributed by atoms with Crippen LogP contribution in [0, 0.1) is 0 Å². The maximum Gasteiger partial charge on any atom is 0.323 e. The van der Waals surface area contributed by atoms with Gasteiger partial charge in [-0.1, -0.05) is 0 Å². The fourth-order valence-electron chi connectivity index (χ4n) is 3.93. The molecule has 2 bridgehead atoms. The molecule has 3 fully saturated rings. The molecule has 1 aromatic rings. The minimum absolute atomic E-state index is 0.00555. The lowest BCUT2D eigenvalue weighted by atomic mass is 9.99. The fraction of sp³-hybridized carbons (Fsp3) is 0.750. The van der Waals surface area contributed by atoms with Crippen molar-refractivity contribution < 1.29 is 9.53 Å². The quantitative estimate of drug-likeness (QED) is 0.891. The van der Waals surface area contributed by atoms with Crippen LogP contribution in [0.1, 0.15) is 30.9 Å². The normalized spacial score (nSPS) is 30.5. The average molecular weight is 319 g/mol. The summed E-state index contributed by atoms with van der Waals surface area (Å²) in [5.74, 6) is 1.12. The van der Waals surface area contributed by atoms with Gasteiger partial charge in [-0.05, 0) is 19.3 Å². The van der Waals surface area contributed by atoms with E-state index in [1.54, 1.807) is 4.68 Å². The molecule has 0 aromatic carbocycles. The summed E-state index contributed by atoms with van der Waals surface area (Å²) in [4.78, 5) is 17.0. The van der Waals surface area contributed by atoms with Crippen LogP contribution in [0.2, 0.25) is 0 Å². The summed E-state index contributed by atoms with van der Waals surface area (Å²) in [5.41, 5.74) is 1.02. The van der Waals surface area contributed by atoms with Gasteiger partial charge in [-0.3, -0.25) is 14.9 Å². The number of nitrogens with zero attached hydrogens (tertiary/aromatic N) is 4. The van der Waals surface area contributed by atoms with Crippen LogP contribution in [0.5, 0.6) is 0 Å². The van der Waals surface area contributed by atoms with Crippen molar-refractivity contribution in [2.75, 3.05) is 44.7 Å². The van der Waals surface area contributed by atoms with Crippen molar-refractivity contribution >= 4 is 11.8 Å². The lowest BCUT2D eigenvalue weighted by Gasteiger charge is -2.34. The first-order chi connectivity index (χ1) is 11.2. The summed E-state index contributed by atoms with van der Waals surface area (Å²) in [6.45, 7) is 5.52. The van der Waals surface area contributed by atoms with Gasteiger partial charge in [0.1, 0.15) is 5.82 Å². The smallest absolute Gasteiger partial charge is 0.323 e. The molecule has 7 nitrogen and oxygen atoms in total. The Hall–Kier alpha value is -1.60. The fourth-order valence-corrected chi connectivity index (χ4v) is 3.93. The van der Waals surface area contributed by atoms with Crippen LogP contribution >= 0.6 is 0 Å². The van der Waals surface area contributed by atoms with Crippen LogP contribution in [-0.2, 0) is 11.8 Å². The summed E-state index contributed by atoms with van der Waals surface area (Å²) in [5, 5.41) is 7.63. The molecule has 3 saturated heterocycles. The third-order valence-corrected chi connectivity index (χ3v) is 5.32. The van der Waals surface area contributed by atoms with Crippen molar-refractivity contribution in [2.45, 2.75) is 31.2 Å². The number of hydrogen-bond donors (Lipinski definition) is 1. The van der Waals surface area contributed by atoms with Crippen molar-refractivity contribution in [1.29, 1.82) is 0 Å². The molecule has 1 aromatic heterocycles. The van der Waals surface area contributed by atoms with Crippen LogP contribution in [0.25, 0.3) is 0 Å². The second kappa shape index (κ2) is 6.13. The van der Waals surface area contributed by atoms with Crippen LogP contribution in [-0.4, -0.2) is 71.0 Å². The Morgan fingerprint density at radius 2 is 2.26 bits per heavy atom. The predicted molar refractivity (Wildman–Crippen MR) is 86.6 cm³/mol. The van der Waals surface area contributed by atoms with E-state index in [2.05, 4.69) is 15.3 Å². The van der Waals surface area contributed by atoms with Gasteiger partial charge < -0.3 is 9.64 Å². The van der Waals surface area contributed by atoms with Crippen molar-refractivity contribution in [1.82, 2.24) is 19.6 Å². The summed E-state index contributed by atoms with van der Waals surface area (Å²) >= 11 is 0. The Balaban J connectivity index is 1.43. The Labute approximate surface area is 136 Å². The number of aryl methyl sites for hydroxylation is 1. The molecule has 3 aliphatic heterocycles. The molecule has 0 radical (unpaired) electrons. The summed E-state index contributed by atoms with van der Waals surface area (Å²) in [7, 11) is 1.89. The Bertz CT molecular complexity index is 581. The number of ether oxygens (including phenoxy) is 1. The van der Waals surface area contributed by atoms with E-state index in [-0.39, 0.29) is 6.03 Å². The highest BCUT2D eigenvalue weighted by atomic mass is 16.5. The molecule has 0 spiro atoms. The molecule has 4 rings (SSSR count). The van der Waals surface area contributed by atoms with E-state index < -0.39 is 0 Å².